The van der Waals surface area contributed by atoms with Gasteiger partial charge >= 0.3 is 6.09 Å². The van der Waals surface area contributed by atoms with Gasteiger partial charge in [0.1, 0.15) is 6.04 Å². The highest BCUT2D eigenvalue weighted by atomic mass is 16.6. The second-order valence-corrected chi connectivity index (χ2v) is 5.75. The number of ketones is 1. The van der Waals surface area contributed by atoms with Gasteiger partial charge in [-0.05, 0) is 16.3 Å². The zero-order chi connectivity index (χ0) is 16.5. The number of cyclic esters (lactones) is 1. The van der Waals surface area contributed by atoms with Crippen molar-refractivity contribution in [1.82, 2.24) is 5.32 Å². The first-order valence-electron chi connectivity index (χ1n) is 7.78. The van der Waals surface area contributed by atoms with Crippen molar-refractivity contribution in [1.29, 1.82) is 0 Å². The summed E-state index contributed by atoms with van der Waals surface area (Å²) in [7, 11) is 0. The molecule has 4 nitrogen and oxygen atoms in total. The van der Waals surface area contributed by atoms with Gasteiger partial charge in [-0.1, -0.05) is 72.8 Å². The minimum atomic E-state index is -0.870. The Morgan fingerprint density at radius 1 is 0.875 bits per heavy atom. The molecule has 1 heterocycles. The number of hydrogen-bond acceptors (Lipinski definition) is 3. The number of alkyl carbamates (subject to hydrolysis) is 1. The Morgan fingerprint density at radius 2 is 1.58 bits per heavy atom. The number of carbonyl (C=O) groups is 2. The third-order valence-electron chi connectivity index (χ3n) is 4.29. The van der Waals surface area contributed by atoms with Gasteiger partial charge in [-0.3, -0.25) is 4.79 Å². The maximum atomic E-state index is 12.8. The summed E-state index contributed by atoms with van der Waals surface area (Å²) in [4.78, 5) is 24.6. The molecule has 1 amide bonds. The van der Waals surface area contributed by atoms with Crippen molar-refractivity contribution in [2.75, 3.05) is 0 Å². The van der Waals surface area contributed by atoms with Crippen molar-refractivity contribution >= 4 is 22.6 Å². The van der Waals surface area contributed by atoms with E-state index in [1.807, 2.05) is 48.5 Å². The highest BCUT2D eigenvalue weighted by molar-refractivity contribution is 6.02. The van der Waals surface area contributed by atoms with E-state index in [1.54, 1.807) is 24.3 Å². The minimum Gasteiger partial charge on any atom is -0.435 e. The number of hydrogen-bond donors (Lipinski definition) is 1. The number of benzene rings is 3. The summed E-state index contributed by atoms with van der Waals surface area (Å²) in [6.45, 7) is 0. The predicted molar refractivity (Wildman–Crippen MR) is 90.9 cm³/mol. The molecule has 0 bridgehead atoms. The second kappa shape index (κ2) is 5.81. The average Bonchev–Trinajstić information content (AvgIpc) is 3.03. The van der Waals surface area contributed by atoms with Crippen molar-refractivity contribution in [2.24, 2.45) is 0 Å². The summed E-state index contributed by atoms with van der Waals surface area (Å²) in [6, 6.07) is 22.1. The first kappa shape index (κ1) is 14.5. The fraction of sp³-hybridized carbons (Fsp3) is 0.100. The molecular weight excluding hydrogens is 302 g/mol. The lowest BCUT2D eigenvalue weighted by Gasteiger charge is -2.18. The third-order valence-corrected chi connectivity index (χ3v) is 4.29. The second-order valence-electron chi connectivity index (χ2n) is 5.75. The van der Waals surface area contributed by atoms with Gasteiger partial charge in [0.15, 0.2) is 6.10 Å². The molecule has 24 heavy (non-hydrogen) atoms. The van der Waals surface area contributed by atoms with Gasteiger partial charge < -0.3 is 10.1 Å². The molecule has 0 unspecified atom stereocenters. The predicted octanol–water partition coefficient (Wildman–Crippen LogP) is 3.87. The van der Waals surface area contributed by atoms with Crippen molar-refractivity contribution in [2.45, 2.75) is 12.1 Å². The molecule has 1 saturated heterocycles. The van der Waals surface area contributed by atoms with Crippen LogP contribution in [-0.2, 0) is 4.74 Å². The van der Waals surface area contributed by atoms with Gasteiger partial charge in [0.2, 0.25) is 5.78 Å². The number of amides is 1. The Hall–Kier alpha value is -3.14. The summed E-state index contributed by atoms with van der Waals surface area (Å²) in [5.41, 5.74) is 1.41. The number of rotatable bonds is 3. The fourth-order valence-electron chi connectivity index (χ4n) is 3.15. The molecule has 118 valence electrons. The van der Waals surface area contributed by atoms with E-state index < -0.39 is 18.2 Å². The number of carbonyl (C=O) groups excluding carboxylic acids is 2. The van der Waals surface area contributed by atoms with Crippen LogP contribution in [-0.4, -0.2) is 18.0 Å². The van der Waals surface area contributed by atoms with E-state index in [0.29, 0.717) is 5.56 Å². The molecule has 0 spiro atoms. The van der Waals surface area contributed by atoms with E-state index in [-0.39, 0.29) is 5.78 Å². The molecule has 1 aliphatic heterocycles. The topological polar surface area (TPSA) is 55.4 Å². The fourth-order valence-corrected chi connectivity index (χ4v) is 3.15. The summed E-state index contributed by atoms with van der Waals surface area (Å²) in [5, 5.41) is 4.84. The molecule has 1 N–H and O–H groups in total. The Kier molecular flexibility index (Phi) is 3.50. The molecule has 0 aliphatic carbocycles. The molecule has 3 aromatic rings. The third kappa shape index (κ3) is 2.42. The average molecular weight is 317 g/mol. The minimum absolute atomic E-state index is 0.202. The van der Waals surface area contributed by atoms with Crippen molar-refractivity contribution in [3.05, 3.63) is 83.9 Å². The van der Waals surface area contributed by atoms with Gasteiger partial charge in [-0.15, -0.1) is 0 Å². The lowest BCUT2D eigenvalue weighted by atomic mass is 9.92. The summed E-state index contributed by atoms with van der Waals surface area (Å²) in [5.74, 6) is -0.202. The molecular formula is C20H15NO3. The molecule has 1 aliphatic rings. The highest BCUT2D eigenvalue weighted by Gasteiger charge is 2.41. The lowest BCUT2D eigenvalue weighted by molar-refractivity contribution is 0.0722. The molecule has 4 rings (SSSR count). The van der Waals surface area contributed by atoms with E-state index in [9.17, 15) is 9.59 Å². The monoisotopic (exact) mass is 317 g/mol. The van der Waals surface area contributed by atoms with Crippen molar-refractivity contribution in [3.63, 3.8) is 0 Å². The standard InChI is InChI=1S/C20H15NO3/c22-18(14-8-2-1-3-9-14)19-17(21-20(23)24-19)16-12-6-10-13-7-4-5-11-15(13)16/h1-12,17,19H,(H,21,23)/t17-,19+/m1/s1. The lowest BCUT2D eigenvalue weighted by Crippen LogP contribution is -2.29. The smallest absolute Gasteiger partial charge is 0.408 e. The normalized spacial score (nSPS) is 19.8. The van der Waals surface area contributed by atoms with Crippen LogP contribution in [0.3, 0.4) is 0 Å². The Labute approximate surface area is 139 Å². The van der Waals surface area contributed by atoms with Gasteiger partial charge in [0.25, 0.3) is 0 Å². The summed E-state index contributed by atoms with van der Waals surface area (Å²) < 4.78 is 5.29. The SMILES string of the molecule is O=C1N[C@H](c2cccc3ccccc23)[C@@H](C(=O)c2ccccc2)O1. The van der Waals surface area contributed by atoms with E-state index in [2.05, 4.69) is 5.32 Å². The van der Waals surface area contributed by atoms with E-state index in [1.165, 1.54) is 0 Å². The largest absolute Gasteiger partial charge is 0.435 e. The maximum absolute atomic E-state index is 12.8. The van der Waals surface area contributed by atoms with Crippen LogP contribution in [0.25, 0.3) is 10.8 Å². The highest BCUT2D eigenvalue weighted by Crippen LogP contribution is 2.32. The van der Waals surface area contributed by atoms with Crippen LogP contribution in [0.5, 0.6) is 0 Å². The molecule has 4 heteroatoms. The van der Waals surface area contributed by atoms with E-state index >= 15 is 0 Å². The quantitative estimate of drug-likeness (QED) is 0.746. The zero-order valence-corrected chi connectivity index (χ0v) is 12.8. The van der Waals surface area contributed by atoms with Crippen LogP contribution in [0.15, 0.2) is 72.8 Å². The van der Waals surface area contributed by atoms with Gasteiger partial charge in [0, 0.05) is 5.56 Å². The first-order valence-corrected chi connectivity index (χ1v) is 7.78. The molecule has 3 aromatic carbocycles. The van der Waals surface area contributed by atoms with Crippen LogP contribution in [0.1, 0.15) is 22.0 Å². The molecule has 0 radical (unpaired) electrons. The van der Waals surface area contributed by atoms with E-state index in [4.69, 9.17) is 4.74 Å². The van der Waals surface area contributed by atoms with E-state index in [0.717, 1.165) is 16.3 Å². The Morgan fingerprint density at radius 3 is 2.42 bits per heavy atom. The molecule has 0 saturated carbocycles. The number of nitrogens with one attached hydrogen (secondary N) is 1. The number of Topliss-reactive ketones (excluding diaryl/α,β-unsaturated/α-hetero) is 1. The van der Waals surface area contributed by atoms with Crippen LogP contribution >= 0.6 is 0 Å². The molecule has 2 atom stereocenters. The van der Waals surface area contributed by atoms with Crippen molar-refractivity contribution in [3.8, 4) is 0 Å². The molecule has 0 aromatic heterocycles. The van der Waals surface area contributed by atoms with Crippen LogP contribution < -0.4 is 5.32 Å². The van der Waals surface area contributed by atoms with Gasteiger partial charge in [-0.25, -0.2) is 4.79 Å². The van der Waals surface area contributed by atoms with Crippen LogP contribution in [0, 0.1) is 0 Å². The van der Waals surface area contributed by atoms with Crippen LogP contribution in [0.2, 0.25) is 0 Å². The van der Waals surface area contributed by atoms with Crippen LogP contribution in [0.4, 0.5) is 4.79 Å². The Balaban J connectivity index is 1.78. The van der Waals surface area contributed by atoms with Crippen molar-refractivity contribution < 1.29 is 14.3 Å². The molecule has 1 fully saturated rings. The number of fused-ring (bicyclic) bond motifs is 1. The first-order chi connectivity index (χ1) is 11.7. The van der Waals surface area contributed by atoms with Gasteiger partial charge in [0.05, 0.1) is 0 Å². The summed E-state index contributed by atoms with van der Waals surface area (Å²) in [6.07, 6.45) is -1.44. The number of ether oxygens (including phenoxy) is 1. The summed E-state index contributed by atoms with van der Waals surface area (Å²) >= 11 is 0. The maximum Gasteiger partial charge on any atom is 0.408 e. The Bertz CT molecular complexity index is 915. The zero-order valence-electron chi connectivity index (χ0n) is 12.8. The van der Waals surface area contributed by atoms with Gasteiger partial charge in [-0.2, -0.15) is 0 Å².